The Bertz CT molecular complexity index is 774. The maximum absolute atomic E-state index is 4.72. The van der Waals surface area contributed by atoms with E-state index in [2.05, 4.69) is 20.6 Å². The highest BCUT2D eigenvalue weighted by atomic mass is 15.0. The number of hydrogen-bond acceptors (Lipinski definition) is 6. The van der Waals surface area contributed by atoms with Gasteiger partial charge >= 0.3 is 0 Å². The fourth-order valence-electron chi connectivity index (χ4n) is 3.15. The normalized spacial score (nSPS) is 14.9. The van der Waals surface area contributed by atoms with Gasteiger partial charge in [0.15, 0.2) is 5.82 Å². The van der Waals surface area contributed by atoms with Crippen LogP contribution in [-0.2, 0) is 0 Å². The summed E-state index contributed by atoms with van der Waals surface area (Å²) in [5, 5.41) is 6.92. The van der Waals surface area contributed by atoms with Crippen molar-refractivity contribution < 1.29 is 0 Å². The number of anilines is 1. The molecule has 132 valence electrons. The van der Waals surface area contributed by atoms with Crippen molar-refractivity contribution in [1.29, 1.82) is 0 Å². The van der Waals surface area contributed by atoms with E-state index in [-0.39, 0.29) is 0 Å². The maximum Gasteiger partial charge on any atom is 0.162 e. The van der Waals surface area contributed by atoms with Gasteiger partial charge in [-0.05, 0) is 56.1 Å². The Balaban J connectivity index is 1.64. The van der Waals surface area contributed by atoms with Crippen molar-refractivity contribution >= 4 is 5.82 Å². The fourth-order valence-corrected chi connectivity index (χ4v) is 3.15. The van der Waals surface area contributed by atoms with E-state index in [9.17, 15) is 0 Å². The molecule has 0 saturated carbocycles. The first-order valence-electron chi connectivity index (χ1n) is 9.04. The molecule has 1 aliphatic rings. The Morgan fingerprint density at radius 3 is 2.58 bits per heavy atom. The van der Waals surface area contributed by atoms with Crippen LogP contribution >= 0.6 is 0 Å². The number of aromatic nitrogens is 4. The predicted molar refractivity (Wildman–Crippen MR) is 103 cm³/mol. The third-order valence-corrected chi connectivity index (χ3v) is 4.62. The number of piperidine rings is 1. The number of hydrogen-bond donors (Lipinski definition) is 2. The number of nitrogens with one attached hydrogen (secondary N) is 2. The van der Waals surface area contributed by atoms with Crippen molar-refractivity contribution in [3.05, 3.63) is 55.0 Å². The first kappa shape index (κ1) is 16.6. The van der Waals surface area contributed by atoms with Gasteiger partial charge in [-0.2, -0.15) is 0 Å². The second-order valence-electron chi connectivity index (χ2n) is 6.49. The minimum absolute atomic E-state index is 0.675. The first-order chi connectivity index (χ1) is 12.9. The van der Waals surface area contributed by atoms with Gasteiger partial charge in [-0.3, -0.25) is 9.97 Å². The van der Waals surface area contributed by atoms with Gasteiger partial charge in [0, 0.05) is 36.8 Å². The van der Waals surface area contributed by atoms with E-state index in [1.165, 1.54) is 12.8 Å². The van der Waals surface area contributed by atoms with Gasteiger partial charge in [0.25, 0.3) is 0 Å². The summed E-state index contributed by atoms with van der Waals surface area (Å²) in [6, 6.07) is 11.7. The fraction of sp³-hybridized carbons (Fsp3) is 0.300. The molecule has 4 heterocycles. The summed E-state index contributed by atoms with van der Waals surface area (Å²) in [6.07, 6.45) is 7.69. The van der Waals surface area contributed by atoms with Gasteiger partial charge < -0.3 is 10.6 Å². The molecule has 0 aromatic carbocycles. The molecule has 0 unspecified atom stereocenters. The molecule has 1 saturated heterocycles. The zero-order valence-electron chi connectivity index (χ0n) is 14.6. The monoisotopic (exact) mass is 346 g/mol. The number of pyridine rings is 2. The molecule has 0 atom stereocenters. The third-order valence-electron chi connectivity index (χ3n) is 4.62. The summed E-state index contributed by atoms with van der Waals surface area (Å²) in [5.41, 5.74) is 2.61. The van der Waals surface area contributed by atoms with Crippen LogP contribution in [0.2, 0.25) is 0 Å². The maximum atomic E-state index is 4.72. The summed E-state index contributed by atoms with van der Waals surface area (Å²) in [5.74, 6) is 2.20. The Labute approximate surface area is 153 Å². The summed E-state index contributed by atoms with van der Waals surface area (Å²) in [6.45, 7) is 3.12. The zero-order valence-corrected chi connectivity index (χ0v) is 14.6. The Kier molecular flexibility index (Phi) is 5.12. The van der Waals surface area contributed by atoms with Crippen molar-refractivity contribution in [3.8, 4) is 22.8 Å². The molecule has 4 rings (SSSR count). The summed E-state index contributed by atoms with van der Waals surface area (Å²) >= 11 is 0. The second-order valence-corrected chi connectivity index (χ2v) is 6.49. The second kappa shape index (κ2) is 8.01. The van der Waals surface area contributed by atoms with Crippen LogP contribution in [0.25, 0.3) is 22.8 Å². The Hall–Kier alpha value is -2.86. The lowest BCUT2D eigenvalue weighted by atomic mass is 9.98. The lowest BCUT2D eigenvalue weighted by molar-refractivity contribution is 0.389. The summed E-state index contributed by atoms with van der Waals surface area (Å²) in [7, 11) is 0. The largest absolute Gasteiger partial charge is 0.370 e. The van der Waals surface area contributed by atoms with Crippen LogP contribution in [-0.4, -0.2) is 39.6 Å². The van der Waals surface area contributed by atoms with Crippen LogP contribution in [0.4, 0.5) is 5.82 Å². The molecule has 6 heteroatoms. The molecule has 0 radical (unpaired) electrons. The standard InChI is InChI=1S/C20H22N6/c1-2-8-23-17(3-1)18-13-19(24-14-15-4-9-21-10-5-15)26-20(25-18)16-6-11-22-12-7-16/h1-3,6-8,11-13,15,21H,4-5,9-10,14H2,(H,24,25,26). The molecule has 0 bridgehead atoms. The van der Waals surface area contributed by atoms with E-state index in [0.29, 0.717) is 11.7 Å². The highest BCUT2D eigenvalue weighted by molar-refractivity contribution is 5.65. The molecule has 1 aliphatic heterocycles. The molecular formula is C20H22N6. The molecule has 0 amide bonds. The summed E-state index contributed by atoms with van der Waals surface area (Å²) < 4.78 is 0. The van der Waals surface area contributed by atoms with Gasteiger partial charge in [0.2, 0.25) is 0 Å². The highest BCUT2D eigenvalue weighted by Gasteiger charge is 2.14. The summed E-state index contributed by atoms with van der Waals surface area (Å²) in [4.78, 5) is 18.0. The molecule has 26 heavy (non-hydrogen) atoms. The molecule has 0 aliphatic carbocycles. The van der Waals surface area contributed by atoms with Crippen molar-refractivity contribution in [1.82, 2.24) is 25.3 Å². The van der Waals surface area contributed by atoms with Gasteiger partial charge in [-0.25, -0.2) is 9.97 Å². The molecule has 2 N–H and O–H groups in total. The molecule has 1 fully saturated rings. The highest BCUT2D eigenvalue weighted by Crippen LogP contribution is 2.23. The van der Waals surface area contributed by atoms with Crippen LogP contribution < -0.4 is 10.6 Å². The smallest absolute Gasteiger partial charge is 0.162 e. The molecule has 0 spiro atoms. The molecule has 3 aromatic rings. The number of rotatable bonds is 5. The van der Waals surface area contributed by atoms with E-state index in [1.807, 2.05) is 36.4 Å². The van der Waals surface area contributed by atoms with Crippen LogP contribution in [0, 0.1) is 5.92 Å². The van der Waals surface area contributed by atoms with E-state index >= 15 is 0 Å². The van der Waals surface area contributed by atoms with Crippen LogP contribution in [0.1, 0.15) is 12.8 Å². The number of nitrogens with zero attached hydrogens (tertiary/aromatic N) is 4. The van der Waals surface area contributed by atoms with Gasteiger partial charge in [-0.1, -0.05) is 6.07 Å². The van der Waals surface area contributed by atoms with E-state index in [1.54, 1.807) is 18.6 Å². The lowest BCUT2D eigenvalue weighted by Gasteiger charge is -2.23. The minimum Gasteiger partial charge on any atom is -0.370 e. The molecular weight excluding hydrogens is 324 g/mol. The predicted octanol–water partition coefficient (Wildman–Crippen LogP) is 3.01. The average molecular weight is 346 g/mol. The topological polar surface area (TPSA) is 75.6 Å². The van der Waals surface area contributed by atoms with E-state index in [0.717, 1.165) is 42.4 Å². The van der Waals surface area contributed by atoms with Crippen LogP contribution in [0.3, 0.4) is 0 Å². The van der Waals surface area contributed by atoms with Crippen molar-refractivity contribution in [2.45, 2.75) is 12.8 Å². The van der Waals surface area contributed by atoms with E-state index < -0.39 is 0 Å². The third kappa shape index (κ3) is 4.03. The average Bonchev–Trinajstić information content (AvgIpc) is 2.74. The molecule has 3 aromatic heterocycles. The minimum atomic E-state index is 0.675. The Morgan fingerprint density at radius 2 is 1.81 bits per heavy atom. The zero-order chi connectivity index (χ0) is 17.6. The van der Waals surface area contributed by atoms with Gasteiger partial charge in [0.05, 0.1) is 11.4 Å². The van der Waals surface area contributed by atoms with Crippen molar-refractivity contribution in [2.24, 2.45) is 5.92 Å². The quantitative estimate of drug-likeness (QED) is 0.740. The molecule has 6 nitrogen and oxygen atoms in total. The Morgan fingerprint density at radius 1 is 0.962 bits per heavy atom. The van der Waals surface area contributed by atoms with Crippen LogP contribution in [0.15, 0.2) is 55.0 Å². The lowest BCUT2D eigenvalue weighted by Crippen LogP contribution is -2.31. The van der Waals surface area contributed by atoms with Crippen molar-refractivity contribution in [2.75, 3.05) is 25.0 Å². The van der Waals surface area contributed by atoms with Gasteiger partial charge in [0.1, 0.15) is 5.82 Å². The first-order valence-corrected chi connectivity index (χ1v) is 9.04. The van der Waals surface area contributed by atoms with Crippen LogP contribution in [0.5, 0.6) is 0 Å². The van der Waals surface area contributed by atoms with Gasteiger partial charge in [-0.15, -0.1) is 0 Å². The van der Waals surface area contributed by atoms with Crippen molar-refractivity contribution in [3.63, 3.8) is 0 Å². The van der Waals surface area contributed by atoms with E-state index in [4.69, 9.17) is 9.97 Å². The SMILES string of the molecule is c1ccc(-c2cc(NCC3CCNCC3)nc(-c3ccncc3)n2)nc1.